The van der Waals surface area contributed by atoms with Crippen LogP contribution < -0.4 is 5.32 Å². The summed E-state index contributed by atoms with van der Waals surface area (Å²) >= 11 is 0. The fourth-order valence-electron chi connectivity index (χ4n) is 2.05. The van der Waals surface area contributed by atoms with Gasteiger partial charge in [0.1, 0.15) is 9.84 Å². The summed E-state index contributed by atoms with van der Waals surface area (Å²) < 4.78 is 22.5. The predicted octanol–water partition coefficient (Wildman–Crippen LogP) is 1.23. The largest absolute Gasteiger partial charge is 0.325 e. The Kier molecular flexibility index (Phi) is 3.96. The van der Waals surface area contributed by atoms with Crippen molar-refractivity contribution in [2.24, 2.45) is 5.92 Å². The van der Waals surface area contributed by atoms with Crippen LogP contribution in [0.1, 0.15) is 19.3 Å². The van der Waals surface area contributed by atoms with Crippen molar-refractivity contribution in [3.63, 3.8) is 0 Å². The molecule has 1 N–H and O–H groups in total. The lowest BCUT2D eigenvalue weighted by molar-refractivity contribution is -0.117. The monoisotopic (exact) mass is 268 g/mol. The Balaban J connectivity index is 1.82. The molecule has 0 atom stereocenters. The minimum absolute atomic E-state index is 0.0766. The summed E-state index contributed by atoms with van der Waals surface area (Å²) in [6.45, 7) is 0. The maximum Gasteiger partial charge on any atom is 0.224 e. The number of carbonyl (C=O) groups is 1. The van der Waals surface area contributed by atoms with Crippen LogP contribution in [0.25, 0.3) is 0 Å². The van der Waals surface area contributed by atoms with Gasteiger partial charge in [0.25, 0.3) is 0 Å². The van der Waals surface area contributed by atoms with Crippen LogP contribution >= 0.6 is 0 Å². The zero-order chi connectivity index (χ0) is 13.0. The molecule has 0 aromatic carbocycles. The summed E-state index contributed by atoms with van der Waals surface area (Å²) in [5, 5.41) is 2.76. The number of hydrogen-bond acceptors (Lipinski definition) is 4. The number of nitrogens with one attached hydrogen (secondary N) is 1. The zero-order valence-electron chi connectivity index (χ0n) is 10.0. The van der Waals surface area contributed by atoms with Crippen molar-refractivity contribution >= 4 is 21.4 Å². The van der Waals surface area contributed by atoms with Gasteiger partial charge in [-0.1, -0.05) is 0 Å². The number of anilines is 1. The van der Waals surface area contributed by atoms with E-state index in [2.05, 4.69) is 10.3 Å². The number of pyridine rings is 1. The summed E-state index contributed by atoms with van der Waals surface area (Å²) in [4.78, 5) is 15.7. The van der Waals surface area contributed by atoms with Gasteiger partial charge in [-0.2, -0.15) is 0 Å². The minimum Gasteiger partial charge on any atom is -0.325 e. The number of aromatic nitrogens is 1. The summed E-state index contributed by atoms with van der Waals surface area (Å²) in [7, 11) is -2.85. The van der Waals surface area contributed by atoms with Gasteiger partial charge in [0.2, 0.25) is 5.91 Å². The Labute approximate surface area is 107 Å². The molecule has 0 radical (unpaired) electrons. The second kappa shape index (κ2) is 5.48. The highest BCUT2D eigenvalue weighted by molar-refractivity contribution is 7.91. The van der Waals surface area contributed by atoms with E-state index in [1.165, 1.54) is 0 Å². The molecule has 1 fully saturated rings. The van der Waals surface area contributed by atoms with Crippen LogP contribution in [0, 0.1) is 5.92 Å². The molecular weight excluding hydrogens is 252 g/mol. The number of sulfone groups is 1. The van der Waals surface area contributed by atoms with Gasteiger partial charge in [-0.05, 0) is 30.9 Å². The third kappa shape index (κ3) is 3.80. The summed E-state index contributed by atoms with van der Waals surface area (Å²) in [5.41, 5.74) is 0.672. The molecule has 0 bridgehead atoms. The molecule has 0 saturated carbocycles. The van der Waals surface area contributed by atoms with Gasteiger partial charge in [-0.3, -0.25) is 9.78 Å². The molecule has 1 aromatic rings. The molecule has 2 heterocycles. The highest BCUT2D eigenvalue weighted by Crippen LogP contribution is 2.22. The second-order valence-electron chi connectivity index (χ2n) is 4.59. The van der Waals surface area contributed by atoms with E-state index >= 15 is 0 Å². The zero-order valence-corrected chi connectivity index (χ0v) is 10.8. The second-order valence-corrected chi connectivity index (χ2v) is 6.89. The Morgan fingerprint density at radius 1 is 1.39 bits per heavy atom. The van der Waals surface area contributed by atoms with Crippen molar-refractivity contribution in [1.82, 2.24) is 4.98 Å². The average Bonchev–Trinajstić information content (AvgIpc) is 2.33. The fourth-order valence-corrected chi connectivity index (χ4v) is 3.64. The highest BCUT2D eigenvalue weighted by atomic mass is 32.2. The van der Waals surface area contributed by atoms with Gasteiger partial charge < -0.3 is 5.32 Å². The third-order valence-corrected chi connectivity index (χ3v) is 4.81. The van der Waals surface area contributed by atoms with Crippen molar-refractivity contribution in [1.29, 1.82) is 0 Å². The van der Waals surface area contributed by atoms with Gasteiger partial charge in [0.05, 0.1) is 23.4 Å². The summed E-state index contributed by atoms with van der Waals surface area (Å²) in [6, 6.07) is 3.53. The predicted molar refractivity (Wildman–Crippen MR) is 68.9 cm³/mol. The lowest BCUT2D eigenvalue weighted by atomic mass is 9.98. The Hall–Kier alpha value is -1.43. The standard InChI is InChI=1S/C12H16N2O3S/c15-12(14-11-2-1-5-13-9-11)8-10-3-6-18(16,17)7-4-10/h1-2,5,9-10H,3-4,6-8H2,(H,14,15). The van der Waals surface area contributed by atoms with Gasteiger partial charge in [-0.25, -0.2) is 8.42 Å². The molecule has 98 valence electrons. The number of nitrogens with zero attached hydrogens (tertiary/aromatic N) is 1. The number of carbonyl (C=O) groups excluding carboxylic acids is 1. The molecule has 1 amide bonds. The van der Waals surface area contributed by atoms with Crippen molar-refractivity contribution in [2.75, 3.05) is 16.8 Å². The molecule has 1 saturated heterocycles. The number of hydrogen-bond donors (Lipinski definition) is 1. The van der Waals surface area contributed by atoms with Crippen LogP contribution in [0.2, 0.25) is 0 Å². The van der Waals surface area contributed by atoms with E-state index in [1.807, 2.05) is 0 Å². The van der Waals surface area contributed by atoms with E-state index in [4.69, 9.17) is 0 Å². The van der Waals surface area contributed by atoms with Crippen molar-refractivity contribution in [2.45, 2.75) is 19.3 Å². The first kappa shape index (κ1) is 13.0. The molecule has 0 aliphatic carbocycles. The first-order valence-corrected chi connectivity index (χ1v) is 7.77. The summed E-state index contributed by atoms with van der Waals surface area (Å²) in [5.74, 6) is 0.507. The van der Waals surface area contributed by atoms with Gasteiger partial charge in [0, 0.05) is 12.6 Å². The topological polar surface area (TPSA) is 76.1 Å². The van der Waals surface area contributed by atoms with E-state index in [0.717, 1.165) is 0 Å². The van der Waals surface area contributed by atoms with Crippen LogP contribution in [0.5, 0.6) is 0 Å². The van der Waals surface area contributed by atoms with Gasteiger partial charge in [0.15, 0.2) is 0 Å². The molecule has 0 unspecified atom stereocenters. The van der Waals surface area contributed by atoms with Gasteiger partial charge >= 0.3 is 0 Å². The maximum atomic E-state index is 11.8. The quantitative estimate of drug-likeness (QED) is 0.894. The molecular formula is C12H16N2O3S. The number of rotatable bonds is 3. The summed E-state index contributed by atoms with van der Waals surface area (Å²) in [6.07, 6.45) is 4.78. The smallest absolute Gasteiger partial charge is 0.224 e. The first-order valence-electron chi connectivity index (χ1n) is 5.95. The van der Waals surface area contributed by atoms with E-state index < -0.39 is 9.84 Å². The molecule has 1 aliphatic heterocycles. The fraction of sp³-hybridized carbons (Fsp3) is 0.500. The minimum atomic E-state index is -2.85. The van der Waals surface area contributed by atoms with Crippen LogP contribution in [0.15, 0.2) is 24.5 Å². The molecule has 6 heteroatoms. The Morgan fingerprint density at radius 3 is 2.72 bits per heavy atom. The Bertz CT molecular complexity index is 499. The highest BCUT2D eigenvalue weighted by Gasteiger charge is 2.25. The lowest BCUT2D eigenvalue weighted by Gasteiger charge is -2.21. The maximum absolute atomic E-state index is 11.8. The van der Waals surface area contributed by atoms with Crippen LogP contribution in [0.4, 0.5) is 5.69 Å². The first-order chi connectivity index (χ1) is 8.55. The van der Waals surface area contributed by atoms with Crippen molar-refractivity contribution in [3.8, 4) is 0 Å². The lowest BCUT2D eigenvalue weighted by Crippen LogP contribution is -2.26. The van der Waals surface area contributed by atoms with E-state index in [0.29, 0.717) is 24.9 Å². The van der Waals surface area contributed by atoms with E-state index in [9.17, 15) is 13.2 Å². The molecule has 18 heavy (non-hydrogen) atoms. The molecule has 1 aromatic heterocycles. The van der Waals surface area contributed by atoms with Crippen LogP contribution in [-0.4, -0.2) is 30.8 Å². The SMILES string of the molecule is O=C(CC1CCS(=O)(=O)CC1)Nc1cccnc1. The Morgan fingerprint density at radius 2 is 2.11 bits per heavy atom. The average molecular weight is 268 g/mol. The number of amides is 1. The normalized spacial score (nSPS) is 19.3. The molecule has 1 aliphatic rings. The van der Waals surface area contributed by atoms with Crippen molar-refractivity contribution in [3.05, 3.63) is 24.5 Å². The molecule has 2 rings (SSSR count). The van der Waals surface area contributed by atoms with Crippen LogP contribution in [-0.2, 0) is 14.6 Å². The molecule has 0 spiro atoms. The van der Waals surface area contributed by atoms with Gasteiger partial charge in [-0.15, -0.1) is 0 Å². The third-order valence-electron chi connectivity index (χ3n) is 3.09. The van der Waals surface area contributed by atoms with E-state index in [-0.39, 0.29) is 23.3 Å². The molecule has 5 nitrogen and oxygen atoms in total. The van der Waals surface area contributed by atoms with Crippen LogP contribution in [0.3, 0.4) is 0 Å². The van der Waals surface area contributed by atoms with E-state index in [1.54, 1.807) is 24.5 Å². The van der Waals surface area contributed by atoms with Crippen molar-refractivity contribution < 1.29 is 13.2 Å².